The van der Waals surface area contributed by atoms with Gasteiger partial charge in [0, 0.05) is 12.5 Å². The lowest BCUT2D eigenvalue weighted by Gasteiger charge is -2.32. The number of carbonyl (C=O) groups excluding carboxylic acids is 1. The predicted octanol–water partition coefficient (Wildman–Crippen LogP) is 2.72. The lowest BCUT2D eigenvalue weighted by Crippen LogP contribution is -2.52. The quantitative estimate of drug-likeness (QED) is 0.747. The molecule has 1 aliphatic heterocycles. The third-order valence-electron chi connectivity index (χ3n) is 3.95. The Balaban J connectivity index is 2.64. The van der Waals surface area contributed by atoms with Gasteiger partial charge < -0.3 is 10.1 Å². The number of hydrogen-bond donors (Lipinski definition) is 1. The summed E-state index contributed by atoms with van der Waals surface area (Å²) in [5.74, 6) is 0.579. The molecule has 0 aromatic carbocycles. The first kappa shape index (κ1) is 14.8. The molecule has 0 aliphatic carbocycles. The molecule has 1 rings (SSSR count). The summed E-state index contributed by atoms with van der Waals surface area (Å²) in [6, 6.07) is 0. The molecule has 17 heavy (non-hydrogen) atoms. The maximum Gasteiger partial charge on any atom is 0.226 e. The van der Waals surface area contributed by atoms with Gasteiger partial charge in [-0.05, 0) is 25.7 Å². The molecule has 0 spiro atoms. The normalized spacial score (nSPS) is 24.9. The molecule has 1 fully saturated rings. The van der Waals surface area contributed by atoms with Gasteiger partial charge in [-0.15, -0.1) is 11.6 Å². The van der Waals surface area contributed by atoms with E-state index in [0.29, 0.717) is 12.5 Å². The summed E-state index contributed by atoms with van der Waals surface area (Å²) < 4.78 is 5.56. The molecule has 0 bridgehead atoms. The summed E-state index contributed by atoms with van der Waals surface area (Å²) >= 11 is 6.00. The summed E-state index contributed by atoms with van der Waals surface area (Å²) in [6.45, 7) is 6.89. The molecule has 3 nitrogen and oxygen atoms in total. The summed E-state index contributed by atoms with van der Waals surface area (Å²) in [7, 11) is 0. The van der Waals surface area contributed by atoms with Crippen LogP contribution in [-0.4, -0.2) is 30.0 Å². The number of ether oxygens (including phenoxy) is 1. The zero-order valence-electron chi connectivity index (χ0n) is 11.1. The molecule has 4 heteroatoms. The number of carbonyl (C=O) groups is 1. The van der Waals surface area contributed by atoms with Crippen LogP contribution in [0.15, 0.2) is 0 Å². The zero-order chi connectivity index (χ0) is 12.9. The van der Waals surface area contributed by atoms with Gasteiger partial charge in [-0.25, -0.2) is 0 Å². The standard InChI is InChI=1S/C13H24ClNO2/c1-4-11-10(7-8-17-11)12(16)15-13(5-2,6-3)9-14/h10-11H,4-9H2,1-3H3,(H,15,16). The maximum absolute atomic E-state index is 12.3. The van der Waals surface area contributed by atoms with E-state index >= 15 is 0 Å². The molecular formula is C13H24ClNO2. The van der Waals surface area contributed by atoms with E-state index in [1.807, 2.05) is 0 Å². The van der Waals surface area contributed by atoms with Crippen LogP contribution in [-0.2, 0) is 9.53 Å². The summed E-state index contributed by atoms with van der Waals surface area (Å²) in [5.41, 5.74) is -0.250. The highest BCUT2D eigenvalue weighted by Crippen LogP contribution is 2.25. The molecule has 0 saturated carbocycles. The van der Waals surface area contributed by atoms with Gasteiger partial charge in [0.2, 0.25) is 5.91 Å². The number of rotatable bonds is 6. The highest BCUT2D eigenvalue weighted by molar-refractivity contribution is 6.18. The van der Waals surface area contributed by atoms with E-state index < -0.39 is 0 Å². The van der Waals surface area contributed by atoms with Crippen LogP contribution in [0.5, 0.6) is 0 Å². The average molecular weight is 262 g/mol. The molecule has 0 radical (unpaired) electrons. The second-order valence-electron chi connectivity index (χ2n) is 4.82. The van der Waals surface area contributed by atoms with Crippen LogP contribution in [0, 0.1) is 5.92 Å². The van der Waals surface area contributed by atoms with Crippen molar-refractivity contribution in [2.24, 2.45) is 5.92 Å². The van der Waals surface area contributed by atoms with E-state index in [-0.39, 0.29) is 23.5 Å². The molecule has 0 aromatic rings. The Morgan fingerprint density at radius 3 is 2.53 bits per heavy atom. The number of halogens is 1. The van der Waals surface area contributed by atoms with Crippen LogP contribution >= 0.6 is 11.6 Å². The molecule has 1 amide bonds. The van der Waals surface area contributed by atoms with E-state index in [4.69, 9.17) is 16.3 Å². The van der Waals surface area contributed by atoms with Crippen LogP contribution in [0.1, 0.15) is 46.5 Å². The maximum atomic E-state index is 12.3. The van der Waals surface area contributed by atoms with E-state index in [2.05, 4.69) is 26.1 Å². The minimum Gasteiger partial charge on any atom is -0.377 e. The van der Waals surface area contributed by atoms with Gasteiger partial charge in [-0.1, -0.05) is 20.8 Å². The Morgan fingerprint density at radius 2 is 2.06 bits per heavy atom. The van der Waals surface area contributed by atoms with Crippen molar-refractivity contribution in [1.82, 2.24) is 5.32 Å². The molecule has 2 unspecified atom stereocenters. The molecule has 0 aromatic heterocycles. The fourth-order valence-corrected chi connectivity index (χ4v) is 2.80. The lowest BCUT2D eigenvalue weighted by molar-refractivity contribution is -0.128. The van der Waals surface area contributed by atoms with E-state index in [9.17, 15) is 4.79 Å². The Bertz CT molecular complexity index is 246. The van der Waals surface area contributed by atoms with Gasteiger partial charge in [0.05, 0.1) is 17.6 Å². The summed E-state index contributed by atoms with van der Waals surface area (Å²) in [4.78, 5) is 12.3. The Labute approximate surface area is 109 Å². The van der Waals surface area contributed by atoms with E-state index in [1.54, 1.807) is 0 Å². The van der Waals surface area contributed by atoms with Crippen LogP contribution in [0.3, 0.4) is 0 Å². The number of amides is 1. The van der Waals surface area contributed by atoms with Crippen molar-refractivity contribution < 1.29 is 9.53 Å². The fraction of sp³-hybridized carbons (Fsp3) is 0.923. The monoisotopic (exact) mass is 261 g/mol. The van der Waals surface area contributed by atoms with E-state index in [0.717, 1.165) is 25.7 Å². The lowest BCUT2D eigenvalue weighted by atomic mass is 9.92. The molecule has 1 N–H and O–H groups in total. The Kier molecular flexibility index (Phi) is 5.74. The Hall–Kier alpha value is -0.280. The van der Waals surface area contributed by atoms with Gasteiger partial charge >= 0.3 is 0 Å². The summed E-state index contributed by atoms with van der Waals surface area (Å²) in [6.07, 6.45) is 3.53. The van der Waals surface area contributed by atoms with Crippen molar-refractivity contribution in [1.29, 1.82) is 0 Å². The van der Waals surface area contributed by atoms with E-state index in [1.165, 1.54) is 0 Å². The van der Waals surface area contributed by atoms with Crippen LogP contribution in [0.2, 0.25) is 0 Å². The first-order valence-electron chi connectivity index (χ1n) is 6.62. The molecular weight excluding hydrogens is 238 g/mol. The SMILES string of the molecule is CCC1OCCC1C(=O)NC(CC)(CC)CCl. The second kappa shape index (κ2) is 6.60. The minimum atomic E-state index is -0.250. The first-order chi connectivity index (χ1) is 8.12. The smallest absolute Gasteiger partial charge is 0.226 e. The minimum absolute atomic E-state index is 0.000640. The van der Waals surface area contributed by atoms with Crippen molar-refractivity contribution in [2.45, 2.75) is 58.1 Å². The van der Waals surface area contributed by atoms with Crippen molar-refractivity contribution in [3.63, 3.8) is 0 Å². The number of nitrogens with one attached hydrogen (secondary N) is 1. The fourth-order valence-electron chi connectivity index (χ4n) is 2.35. The number of hydrogen-bond acceptors (Lipinski definition) is 2. The molecule has 1 aliphatic rings. The largest absolute Gasteiger partial charge is 0.377 e. The van der Waals surface area contributed by atoms with Crippen LogP contribution in [0.4, 0.5) is 0 Å². The Morgan fingerprint density at radius 1 is 1.41 bits per heavy atom. The van der Waals surface area contributed by atoms with Crippen LogP contribution in [0.25, 0.3) is 0 Å². The van der Waals surface area contributed by atoms with Gasteiger partial charge in [0.15, 0.2) is 0 Å². The van der Waals surface area contributed by atoms with Gasteiger partial charge in [-0.2, -0.15) is 0 Å². The third kappa shape index (κ3) is 3.35. The van der Waals surface area contributed by atoms with Gasteiger partial charge in [0.1, 0.15) is 0 Å². The average Bonchev–Trinajstić information content (AvgIpc) is 2.84. The van der Waals surface area contributed by atoms with Crippen molar-refractivity contribution in [2.75, 3.05) is 12.5 Å². The van der Waals surface area contributed by atoms with Crippen molar-refractivity contribution in [3.05, 3.63) is 0 Å². The zero-order valence-corrected chi connectivity index (χ0v) is 11.8. The molecule has 1 heterocycles. The first-order valence-corrected chi connectivity index (χ1v) is 7.15. The van der Waals surface area contributed by atoms with Gasteiger partial charge in [-0.3, -0.25) is 4.79 Å². The summed E-state index contributed by atoms with van der Waals surface area (Å²) in [5, 5.41) is 3.13. The van der Waals surface area contributed by atoms with Crippen molar-refractivity contribution >= 4 is 17.5 Å². The van der Waals surface area contributed by atoms with Crippen molar-refractivity contribution in [3.8, 4) is 0 Å². The molecule has 1 saturated heterocycles. The van der Waals surface area contributed by atoms with Crippen LogP contribution < -0.4 is 5.32 Å². The third-order valence-corrected chi connectivity index (χ3v) is 4.46. The molecule has 100 valence electrons. The number of alkyl halides is 1. The molecule has 2 atom stereocenters. The second-order valence-corrected chi connectivity index (χ2v) is 5.09. The topological polar surface area (TPSA) is 38.3 Å². The highest BCUT2D eigenvalue weighted by atomic mass is 35.5. The van der Waals surface area contributed by atoms with Gasteiger partial charge in [0.25, 0.3) is 0 Å². The highest BCUT2D eigenvalue weighted by Gasteiger charge is 2.36. The predicted molar refractivity (Wildman–Crippen MR) is 70.3 cm³/mol.